The van der Waals surface area contributed by atoms with Crippen molar-refractivity contribution in [1.29, 1.82) is 0 Å². The number of esters is 1. The molecule has 27 heavy (non-hydrogen) atoms. The SMILES string of the molecule is CC.COC(=O)CC1=C(C)/C(=C/c2ccc(SC)cc2)c2cc(F)ccc21. The van der Waals surface area contributed by atoms with Crippen LogP contribution in [0.3, 0.4) is 0 Å². The molecule has 0 saturated heterocycles. The molecule has 0 spiro atoms. The zero-order chi connectivity index (χ0) is 20.0. The average molecular weight is 385 g/mol. The molecule has 0 amide bonds. The minimum Gasteiger partial charge on any atom is -0.469 e. The lowest BCUT2D eigenvalue weighted by atomic mass is 10.0. The lowest BCUT2D eigenvalue weighted by Gasteiger charge is -2.05. The van der Waals surface area contributed by atoms with E-state index >= 15 is 0 Å². The van der Waals surface area contributed by atoms with Crippen molar-refractivity contribution in [3.8, 4) is 0 Å². The number of thioether (sulfide) groups is 1. The Balaban J connectivity index is 0.00000126. The summed E-state index contributed by atoms with van der Waals surface area (Å²) >= 11 is 1.69. The predicted molar refractivity (Wildman–Crippen MR) is 113 cm³/mol. The van der Waals surface area contributed by atoms with Gasteiger partial charge in [-0.25, -0.2) is 4.39 Å². The molecule has 0 N–H and O–H groups in total. The highest BCUT2D eigenvalue weighted by Crippen LogP contribution is 2.43. The van der Waals surface area contributed by atoms with Crippen molar-refractivity contribution >= 4 is 35.0 Å². The van der Waals surface area contributed by atoms with Crippen LogP contribution >= 0.6 is 11.8 Å². The van der Waals surface area contributed by atoms with E-state index in [2.05, 4.69) is 12.1 Å². The van der Waals surface area contributed by atoms with Gasteiger partial charge in [-0.3, -0.25) is 4.79 Å². The van der Waals surface area contributed by atoms with E-state index in [0.717, 1.165) is 33.4 Å². The van der Waals surface area contributed by atoms with Crippen LogP contribution in [0.2, 0.25) is 0 Å². The van der Waals surface area contributed by atoms with E-state index in [4.69, 9.17) is 4.74 Å². The molecule has 0 radical (unpaired) electrons. The smallest absolute Gasteiger partial charge is 0.310 e. The van der Waals surface area contributed by atoms with Gasteiger partial charge in [0.15, 0.2) is 0 Å². The highest BCUT2D eigenvalue weighted by atomic mass is 32.2. The van der Waals surface area contributed by atoms with Crippen LogP contribution in [-0.2, 0) is 9.53 Å². The van der Waals surface area contributed by atoms with Gasteiger partial charge in [0, 0.05) is 4.90 Å². The third-order valence-electron chi connectivity index (χ3n) is 4.43. The molecule has 4 heteroatoms. The molecule has 0 saturated carbocycles. The number of rotatable bonds is 4. The minimum absolute atomic E-state index is 0.184. The normalized spacial score (nSPS) is 13.9. The maximum atomic E-state index is 13.8. The van der Waals surface area contributed by atoms with E-state index in [0.29, 0.717) is 0 Å². The van der Waals surface area contributed by atoms with E-state index in [9.17, 15) is 9.18 Å². The van der Waals surface area contributed by atoms with Crippen molar-refractivity contribution in [3.05, 3.63) is 70.5 Å². The molecule has 0 heterocycles. The van der Waals surface area contributed by atoms with Crippen molar-refractivity contribution in [1.82, 2.24) is 0 Å². The van der Waals surface area contributed by atoms with Gasteiger partial charge >= 0.3 is 5.97 Å². The van der Waals surface area contributed by atoms with E-state index in [-0.39, 0.29) is 18.2 Å². The largest absolute Gasteiger partial charge is 0.469 e. The molecule has 0 bridgehead atoms. The predicted octanol–water partition coefficient (Wildman–Crippen LogP) is 6.46. The topological polar surface area (TPSA) is 26.3 Å². The first-order valence-electron chi connectivity index (χ1n) is 8.96. The Bertz CT molecular complexity index is 880. The molecule has 0 fully saturated rings. The van der Waals surface area contributed by atoms with Gasteiger partial charge in [0.05, 0.1) is 13.5 Å². The Morgan fingerprint density at radius 2 is 1.78 bits per heavy atom. The summed E-state index contributed by atoms with van der Waals surface area (Å²) in [6, 6.07) is 12.9. The second kappa shape index (κ2) is 9.56. The third-order valence-corrected chi connectivity index (χ3v) is 5.17. The van der Waals surface area contributed by atoms with Crippen LogP contribution in [0.1, 0.15) is 43.9 Å². The van der Waals surface area contributed by atoms with Crippen LogP contribution in [0.4, 0.5) is 4.39 Å². The van der Waals surface area contributed by atoms with Gasteiger partial charge in [-0.2, -0.15) is 0 Å². The van der Waals surface area contributed by atoms with Gasteiger partial charge in [-0.05, 0) is 76.9 Å². The lowest BCUT2D eigenvalue weighted by Crippen LogP contribution is -2.01. The third kappa shape index (κ3) is 4.69. The second-order valence-electron chi connectivity index (χ2n) is 5.88. The first-order chi connectivity index (χ1) is 13.0. The van der Waals surface area contributed by atoms with Crippen molar-refractivity contribution in [2.75, 3.05) is 13.4 Å². The Hall–Kier alpha value is -2.33. The summed E-state index contributed by atoms with van der Waals surface area (Å²) in [7, 11) is 1.38. The molecule has 2 aromatic carbocycles. The van der Waals surface area contributed by atoms with E-state index in [1.165, 1.54) is 24.1 Å². The number of allylic oxidation sites excluding steroid dienone is 2. The van der Waals surface area contributed by atoms with Gasteiger partial charge in [0.1, 0.15) is 5.82 Å². The van der Waals surface area contributed by atoms with E-state index in [1.54, 1.807) is 17.8 Å². The number of carbonyl (C=O) groups is 1. The fraction of sp³-hybridized carbons (Fsp3) is 0.261. The molecule has 2 aromatic rings. The monoisotopic (exact) mass is 384 g/mol. The summed E-state index contributed by atoms with van der Waals surface area (Å²) in [4.78, 5) is 13.0. The highest BCUT2D eigenvalue weighted by Gasteiger charge is 2.25. The molecule has 142 valence electrons. The number of benzene rings is 2. The van der Waals surface area contributed by atoms with Crippen LogP contribution in [0.15, 0.2) is 52.9 Å². The summed E-state index contributed by atoms with van der Waals surface area (Å²) in [6.45, 7) is 5.97. The fourth-order valence-corrected chi connectivity index (χ4v) is 3.47. The number of halogens is 1. The number of hydrogen-bond donors (Lipinski definition) is 0. The fourth-order valence-electron chi connectivity index (χ4n) is 3.07. The summed E-state index contributed by atoms with van der Waals surface area (Å²) < 4.78 is 18.6. The summed E-state index contributed by atoms with van der Waals surface area (Å²) in [5.74, 6) is -0.579. The zero-order valence-electron chi connectivity index (χ0n) is 16.4. The Morgan fingerprint density at radius 3 is 2.37 bits per heavy atom. The maximum Gasteiger partial charge on any atom is 0.310 e. The molecule has 0 aromatic heterocycles. The Kier molecular flexibility index (Phi) is 7.43. The maximum absolute atomic E-state index is 13.8. The zero-order valence-corrected chi connectivity index (χ0v) is 17.2. The van der Waals surface area contributed by atoms with Crippen LogP contribution in [-0.4, -0.2) is 19.3 Å². The number of methoxy groups -OCH3 is 1. The summed E-state index contributed by atoms with van der Waals surface area (Å²) in [6.07, 6.45) is 4.27. The quantitative estimate of drug-likeness (QED) is 0.447. The summed E-state index contributed by atoms with van der Waals surface area (Å²) in [5, 5.41) is 0. The molecular weight excluding hydrogens is 359 g/mol. The van der Waals surface area contributed by atoms with Crippen LogP contribution < -0.4 is 0 Å². The van der Waals surface area contributed by atoms with Crippen molar-refractivity contribution < 1.29 is 13.9 Å². The molecule has 1 aliphatic carbocycles. The molecular formula is C23H25FO2S. The van der Waals surface area contributed by atoms with Crippen LogP contribution in [0, 0.1) is 5.82 Å². The minimum atomic E-state index is -0.296. The van der Waals surface area contributed by atoms with Gasteiger partial charge in [-0.1, -0.05) is 32.0 Å². The highest BCUT2D eigenvalue weighted by molar-refractivity contribution is 7.98. The summed E-state index contributed by atoms with van der Waals surface area (Å²) in [5.41, 5.74) is 5.60. The Morgan fingerprint density at radius 1 is 1.11 bits per heavy atom. The second-order valence-corrected chi connectivity index (χ2v) is 6.76. The van der Waals surface area contributed by atoms with Gasteiger partial charge in [-0.15, -0.1) is 11.8 Å². The van der Waals surface area contributed by atoms with Gasteiger partial charge in [0.25, 0.3) is 0 Å². The van der Waals surface area contributed by atoms with Crippen LogP contribution in [0.5, 0.6) is 0 Å². The van der Waals surface area contributed by atoms with Crippen molar-refractivity contribution in [3.63, 3.8) is 0 Å². The first kappa shape index (κ1) is 21.0. The number of ether oxygens (including phenoxy) is 1. The molecule has 1 aliphatic rings. The molecule has 0 aliphatic heterocycles. The standard InChI is InChI=1S/C21H19FO2S.C2H6/c1-13-18(10-14-4-7-16(25-3)8-5-14)20-11-15(22)6-9-17(20)19(13)12-21(23)24-2;1-2/h4-11H,12H2,1-3H3;1-2H3/b18-10-;. The number of fused-ring (bicyclic) bond motifs is 1. The van der Waals surface area contributed by atoms with Gasteiger partial charge < -0.3 is 4.74 Å². The molecule has 2 nitrogen and oxygen atoms in total. The van der Waals surface area contributed by atoms with E-state index < -0.39 is 0 Å². The van der Waals surface area contributed by atoms with E-state index in [1.807, 2.05) is 45.2 Å². The number of hydrogen-bond acceptors (Lipinski definition) is 3. The van der Waals surface area contributed by atoms with Crippen molar-refractivity contribution in [2.45, 2.75) is 32.1 Å². The van der Waals surface area contributed by atoms with Gasteiger partial charge in [0.2, 0.25) is 0 Å². The van der Waals surface area contributed by atoms with Crippen LogP contribution in [0.25, 0.3) is 17.2 Å². The molecule has 0 unspecified atom stereocenters. The Labute approximate surface area is 165 Å². The first-order valence-corrected chi connectivity index (χ1v) is 10.2. The lowest BCUT2D eigenvalue weighted by molar-refractivity contribution is -0.139. The molecule has 0 atom stereocenters. The average Bonchev–Trinajstić information content (AvgIpc) is 2.95. The van der Waals surface area contributed by atoms with Crippen molar-refractivity contribution in [2.24, 2.45) is 0 Å². The number of carbonyl (C=O) groups excluding carboxylic acids is 1. The molecule has 3 rings (SSSR count).